The van der Waals surface area contributed by atoms with Crippen molar-refractivity contribution in [1.82, 2.24) is 4.98 Å². The average Bonchev–Trinajstić information content (AvgIpc) is 2.72. The van der Waals surface area contributed by atoms with E-state index in [-0.39, 0.29) is 5.92 Å². The highest BCUT2D eigenvalue weighted by Crippen LogP contribution is 2.42. The van der Waals surface area contributed by atoms with Crippen molar-refractivity contribution in [1.29, 1.82) is 0 Å². The van der Waals surface area contributed by atoms with Gasteiger partial charge in [-0.2, -0.15) is 0 Å². The minimum atomic E-state index is -3.51. The fourth-order valence-electron chi connectivity index (χ4n) is 3.79. The first kappa shape index (κ1) is 20.9. The highest BCUT2D eigenvalue weighted by molar-refractivity contribution is 7.92. The Balaban J connectivity index is 2.12. The molecule has 7 heteroatoms. The van der Waals surface area contributed by atoms with Crippen LogP contribution in [-0.2, 0) is 10.0 Å². The van der Waals surface area contributed by atoms with Gasteiger partial charge in [-0.05, 0) is 35.7 Å². The molecule has 0 atom stereocenters. The largest absolute Gasteiger partial charge is 0.495 e. The minimum absolute atomic E-state index is 0.110. The molecule has 1 aromatic heterocycles. The minimum Gasteiger partial charge on any atom is -0.495 e. The number of nitrogens with one attached hydrogen (secondary N) is 2. The molecule has 3 aromatic carbocycles. The molecule has 0 amide bonds. The Hall–Kier alpha value is -3.32. The van der Waals surface area contributed by atoms with Crippen LogP contribution in [0.15, 0.2) is 60.7 Å². The van der Waals surface area contributed by atoms with Crippen molar-refractivity contribution < 1.29 is 13.2 Å². The van der Waals surface area contributed by atoms with Gasteiger partial charge >= 0.3 is 0 Å². The number of benzene rings is 3. The van der Waals surface area contributed by atoms with Crippen LogP contribution in [0.1, 0.15) is 25.3 Å². The second kappa shape index (κ2) is 8.07. The Kier molecular flexibility index (Phi) is 5.45. The maximum absolute atomic E-state index is 12.3. The van der Waals surface area contributed by atoms with E-state index < -0.39 is 10.0 Å². The number of hydrogen-bond acceptors (Lipinski definition) is 5. The predicted molar refractivity (Wildman–Crippen MR) is 128 cm³/mol. The van der Waals surface area contributed by atoms with E-state index in [1.807, 2.05) is 74.5 Å². The van der Waals surface area contributed by atoms with E-state index in [2.05, 4.69) is 10.0 Å². The number of fused-ring (bicyclic) bond motifs is 2. The summed E-state index contributed by atoms with van der Waals surface area (Å²) < 4.78 is 32.8. The molecule has 6 nitrogen and oxygen atoms in total. The number of aromatic nitrogens is 1. The summed E-state index contributed by atoms with van der Waals surface area (Å²) in [5.74, 6) is 0.799. The van der Waals surface area contributed by atoms with Gasteiger partial charge in [0.05, 0.1) is 41.5 Å². The maximum Gasteiger partial charge on any atom is 0.229 e. The summed E-state index contributed by atoms with van der Waals surface area (Å²) in [7, 11) is -1.89. The smallest absolute Gasteiger partial charge is 0.229 e. The van der Waals surface area contributed by atoms with Crippen LogP contribution in [0.4, 0.5) is 17.1 Å². The molecule has 0 saturated heterocycles. The molecule has 4 rings (SSSR count). The Morgan fingerprint density at radius 3 is 2.32 bits per heavy atom. The zero-order valence-corrected chi connectivity index (χ0v) is 18.7. The summed E-state index contributed by atoms with van der Waals surface area (Å²) in [6, 6.07) is 19.3. The molecule has 0 bridgehead atoms. The van der Waals surface area contributed by atoms with Gasteiger partial charge in [-0.1, -0.05) is 50.2 Å². The number of anilines is 3. The molecule has 0 unspecified atom stereocenters. The Morgan fingerprint density at radius 1 is 0.903 bits per heavy atom. The fraction of sp³-hybridized carbons (Fsp3) is 0.208. The van der Waals surface area contributed by atoms with Crippen LogP contribution in [0.3, 0.4) is 0 Å². The first-order valence-corrected chi connectivity index (χ1v) is 11.9. The first-order chi connectivity index (χ1) is 14.8. The summed E-state index contributed by atoms with van der Waals surface area (Å²) in [6.07, 6.45) is 1.16. The summed E-state index contributed by atoms with van der Waals surface area (Å²) >= 11 is 0. The molecule has 160 valence electrons. The van der Waals surface area contributed by atoms with Gasteiger partial charge in [0.2, 0.25) is 10.0 Å². The molecule has 4 aromatic rings. The third kappa shape index (κ3) is 4.14. The molecule has 0 saturated carbocycles. The van der Waals surface area contributed by atoms with Crippen molar-refractivity contribution in [3.63, 3.8) is 0 Å². The van der Waals surface area contributed by atoms with E-state index in [1.165, 1.54) is 0 Å². The quantitative estimate of drug-likeness (QED) is 0.383. The van der Waals surface area contributed by atoms with Crippen LogP contribution >= 0.6 is 0 Å². The number of methoxy groups -OCH3 is 1. The van der Waals surface area contributed by atoms with Gasteiger partial charge in [0.25, 0.3) is 0 Å². The van der Waals surface area contributed by atoms with Crippen molar-refractivity contribution in [3.8, 4) is 5.75 Å². The zero-order valence-electron chi connectivity index (χ0n) is 17.9. The highest BCUT2D eigenvalue weighted by atomic mass is 32.2. The second-order valence-electron chi connectivity index (χ2n) is 7.78. The Morgan fingerprint density at radius 2 is 1.61 bits per heavy atom. The zero-order chi connectivity index (χ0) is 22.2. The van der Waals surface area contributed by atoms with Crippen LogP contribution in [-0.4, -0.2) is 26.8 Å². The second-order valence-corrected chi connectivity index (χ2v) is 9.53. The van der Waals surface area contributed by atoms with E-state index in [1.54, 1.807) is 7.11 Å². The van der Waals surface area contributed by atoms with Crippen LogP contribution in [0.25, 0.3) is 21.8 Å². The molecule has 2 N–H and O–H groups in total. The van der Waals surface area contributed by atoms with Gasteiger partial charge in [0, 0.05) is 10.8 Å². The molecule has 0 spiro atoms. The molecular formula is C24H25N3O3S. The van der Waals surface area contributed by atoms with Crippen molar-refractivity contribution in [2.24, 2.45) is 0 Å². The summed E-state index contributed by atoms with van der Waals surface area (Å²) in [5, 5.41) is 5.11. The molecule has 0 aliphatic heterocycles. The topological polar surface area (TPSA) is 80.3 Å². The van der Waals surface area contributed by atoms with E-state index in [0.717, 1.165) is 39.5 Å². The Labute approximate surface area is 182 Å². The summed E-state index contributed by atoms with van der Waals surface area (Å²) in [4.78, 5) is 4.81. The monoisotopic (exact) mass is 435 g/mol. The molecule has 0 aliphatic carbocycles. The highest BCUT2D eigenvalue weighted by Gasteiger charge is 2.20. The van der Waals surface area contributed by atoms with Crippen LogP contribution in [0.5, 0.6) is 5.75 Å². The number of rotatable bonds is 6. The van der Waals surface area contributed by atoms with E-state index in [0.29, 0.717) is 17.0 Å². The molecule has 0 radical (unpaired) electrons. The Bertz CT molecular complexity index is 1380. The summed E-state index contributed by atoms with van der Waals surface area (Å²) in [6.45, 7) is 4.08. The first-order valence-electron chi connectivity index (χ1n) is 10.0. The third-order valence-corrected chi connectivity index (χ3v) is 5.73. The van der Waals surface area contributed by atoms with Crippen molar-refractivity contribution >= 4 is 48.9 Å². The number of sulfonamides is 1. The third-order valence-electron chi connectivity index (χ3n) is 5.16. The maximum atomic E-state index is 12.3. The molecular weight excluding hydrogens is 410 g/mol. The lowest BCUT2D eigenvalue weighted by molar-refractivity contribution is 0.417. The van der Waals surface area contributed by atoms with E-state index >= 15 is 0 Å². The molecule has 31 heavy (non-hydrogen) atoms. The van der Waals surface area contributed by atoms with Crippen molar-refractivity contribution in [3.05, 3.63) is 66.2 Å². The van der Waals surface area contributed by atoms with Crippen LogP contribution < -0.4 is 14.8 Å². The lowest BCUT2D eigenvalue weighted by atomic mass is 9.96. The van der Waals surface area contributed by atoms with Crippen LogP contribution in [0.2, 0.25) is 0 Å². The predicted octanol–water partition coefficient (Wildman–Crippen LogP) is 5.64. The molecule has 1 heterocycles. The lowest BCUT2D eigenvalue weighted by Gasteiger charge is -2.21. The van der Waals surface area contributed by atoms with Gasteiger partial charge in [0.1, 0.15) is 5.75 Å². The number of pyridine rings is 1. The summed E-state index contributed by atoms with van der Waals surface area (Å²) in [5.41, 5.74) is 4.52. The van der Waals surface area contributed by atoms with E-state index in [9.17, 15) is 8.42 Å². The van der Waals surface area contributed by atoms with E-state index in [4.69, 9.17) is 9.72 Å². The SMILES string of the molecule is COc1ccccc1Nc1c2ccccc2nc2ccc(C(C)C)c(NS(C)(=O)=O)c12. The van der Waals surface area contributed by atoms with Gasteiger partial charge < -0.3 is 10.1 Å². The number of hydrogen-bond donors (Lipinski definition) is 2. The normalized spacial score (nSPS) is 11.8. The standard InChI is InChI=1S/C24H25N3O3S/c1-15(2)16-13-14-20-22(24(16)27-31(4,28)29)23(17-9-5-6-10-18(17)25-20)26-19-11-7-8-12-21(19)30-3/h5-15,27H,1-4H3,(H,25,26). The molecule has 0 fully saturated rings. The number of ether oxygens (including phenoxy) is 1. The number of nitrogens with zero attached hydrogens (tertiary/aromatic N) is 1. The van der Waals surface area contributed by atoms with Gasteiger partial charge in [0.15, 0.2) is 0 Å². The fourth-order valence-corrected chi connectivity index (χ4v) is 4.38. The molecule has 0 aliphatic rings. The average molecular weight is 436 g/mol. The van der Waals surface area contributed by atoms with Crippen molar-refractivity contribution in [2.45, 2.75) is 19.8 Å². The van der Waals surface area contributed by atoms with Crippen LogP contribution in [0, 0.1) is 0 Å². The van der Waals surface area contributed by atoms with Gasteiger partial charge in [-0.15, -0.1) is 0 Å². The number of para-hydroxylation sites is 3. The van der Waals surface area contributed by atoms with Crippen molar-refractivity contribution in [2.75, 3.05) is 23.4 Å². The van der Waals surface area contributed by atoms with Gasteiger partial charge in [-0.3, -0.25) is 4.72 Å². The lowest BCUT2D eigenvalue weighted by Crippen LogP contribution is -2.13. The van der Waals surface area contributed by atoms with Gasteiger partial charge in [-0.25, -0.2) is 13.4 Å².